The number of amides is 1. The number of hydrogen-bond acceptors (Lipinski definition) is 5. The highest BCUT2D eigenvalue weighted by Crippen LogP contribution is 2.30. The van der Waals surface area contributed by atoms with Crippen LogP contribution in [-0.4, -0.2) is 38.2 Å². The lowest BCUT2D eigenvalue weighted by molar-refractivity contribution is 0.0556. The van der Waals surface area contributed by atoms with Crippen molar-refractivity contribution in [2.45, 2.75) is 64.1 Å². The van der Waals surface area contributed by atoms with E-state index in [1.807, 2.05) is 61.6 Å². The number of carbonyl (C=O) groups is 1. The van der Waals surface area contributed by atoms with Gasteiger partial charge in [0.25, 0.3) is 0 Å². The van der Waals surface area contributed by atoms with Crippen LogP contribution in [0.25, 0.3) is 11.0 Å². The summed E-state index contributed by atoms with van der Waals surface area (Å²) in [7, 11) is 1.86. The number of imidazole rings is 1. The Hall–Kier alpha value is -2.12. The van der Waals surface area contributed by atoms with Crippen LogP contribution >= 0.6 is 0 Å². The highest BCUT2D eigenvalue weighted by molar-refractivity contribution is 5.78. The number of nitrogens with two attached hydrogens (primary N) is 1. The van der Waals surface area contributed by atoms with Gasteiger partial charge in [0.05, 0.1) is 11.0 Å². The number of hydrogen-bond donors (Lipinski definition) is 2. The first kappa shape index (κ1) is 18.7. The maximum absolute atomic E-state index is 13.0. The number of nitrogens with zero attached hydrogens (tertiary/aromatic N) is 3. The number of carbonyl (C=O) groups excluding carboxylic acids is 1. The topological polar surface area (TPSA) is 85.4 Å². The van der Waals surface area contributed by atoms with Gasteiger partial charge in [-0.3, -0.25) is 20.7 Å². The average Bonchev–Trinajstić information content (AvgIpc) is 2.90. The van der Waals surface area contributed by atoms with Crippen molar-refractivity contribution in [3.05, 3.63) is 24.3 Å². The Labute approximate surface area is 154 Å². The van der Waals surface area contributed by atoms with Gasteiger partial charge in [0.2, 0.25) is 0 Å². The summed E-state index contributed by atoms with van der Waals surface area (Å²) in [6.45, 7) is 6.11. The summed E-state index contributed by atoms with van der Waals surface area (Å²) in [4.78, 5) is 19.4. The Morgan fingerprint density at radius 1 is 1.27 bits per heavy atom. The number of fused-ring (bicyclic) bond motifs is 1. The van der Waals surface area contributed by atoms with E-state index in [-0.39, 0.29) is 17.7 Å². The lowest BCUT2D eigenvalue weighted by atomic mass is 9.88. The molecule has 7 heteroatoms. The van der Waals surface area contributed by atoms with Gasteiger partial charge in [0.15, 0.2) is 0 Å². The molecule has 1 fully saturated rings. The average molecular weight is 359 g/mol. The van der Waals surface area contributed by atoms with Crippen LogP contribution in [-0.2, 0) is 7.05 Å². The number of aromatic nitrogens is 2. The molecule has 1 amide bonds. The van der Waals surface area contributed by atoms with E-state index in [0.29, 0.717) is 12.1 Å². The number of aryl methyl sites for hydroxylation is 1. The Bertz CT molecular complexity index is 772. The minimum absolute atomic E-state index is 0.141. The second kappa shape index (κ2) is 7.25. The number of para-hydroxylation sites is 2. The van der Waals surface area contributed by atoms with E-state index in [9.17, 15) is 4.79 Å². The fraction of sp³-hybridized carbons (Fsp3) is 0.579. The van der Waals surface area contributed by atoms with Crippen molar-refractivity contribution in [1.82, 2.24) is 19.9 Å². The fourth-order valence-electron chi connectivity index (χ4n) is 3.81. The Morgan fingerprint density at radius 3 is 2.50 bits per heavy atom. The second-order valence-corrected chi connectivity index (χ2v) is 8.02. The zero-order valence-corrected chi connectivity index (χ0v) is 16.0. The summed E-state index contributed by atoms with van der Waals surface area (Å²) >= 11 is 0. The molecule has 3 rings (SSSR count). The van der Waals surface area contributed by atoms with Crippen LogP contribution in [0.3, 0.4) is 0 Å². The third kappa shape index (κ3) is 3.68. The van der Waals surface area contributed by atoms with Gasteiger partial charge < -0.3 is 4.74 Å². The molecular weight excluding hydrogens is 330 g/mol. The van der Waals surface area contributed by atoms with Crippen LogP contribution in [0.1, 0.15) is 46.5 Å². The van der Waals surface area contributed by atoms with E-state index >= 15 is 0 Å². The van der Waals surface area contributed by atoms with Gasteiger partial charge in [0.1, 0.15) is 0 Å². The van der Waals surface area contributed by atoms with Crippen molar-refractivity contribution in [2.75, 3.05) is 0 Å². The summed E-state index contributed by atoms with van der Waals surface area (Å²) < 4.78 is 7.53. The van der Waals surface area contributed by atoms with Gasteiger partial charge in [-0.05, 0) is 58.6 Å². The molecule has 142 valence electrons. The Balaban J connectivity index is 1.80. The van der Waals surface area contributed by atoms with Crippen molar-refractivity contribution in [3.63, 3.8) is 0 Å². The molecule has 1 saturated carbocycles. The monoisotopic (exact) mass is 359 g/mol. The van der Waals surface area contributed by atoms with Gasteiger partial charge in [-0.1, -0.05) is 12.1 Å². The first-order valence-electron chi connectivity index (χ1n) is 9.20. The third-order valence-corrected chi connectivity index (χ3v) is 5.14. The van der Waals surface area contributed by atoms with Gasteiger partial charge in [0, 0.05) is 24.7 Å². The van der Waals surface area contributed by atoms with Gasteiger partial charge in [-0.15, -0.1) is 0 Å². The summed E-state index contributed by atoms with van der Waals surface area (Å²) in [6, 6.07) is 8.53. The van der Waals surface area contributed by atoms with Crippen molar-refractivity contribution in [2.24, 2.45) is 12.9 Å². The maximum atomic E-state index is 13.0. The van der Waals surface area contributed by atoms with Gasteiger partial charge in [-0.25, -0.2) is 4.79 Å². The van der Waals surface area contributed by atoms with E-state index < -0.39 is 0 Å². The van der Waals surface area contributed by atoms with Gasteiger partial charge >= 0.3 is 12.1 Å². The molecule has 1 heterocycles. The van der Waals surface area contributed by atoms with Crippen LogP contribution in [0.4, 0.5) is 4.79 Å². The van der Waals surface area contributed by atoms with E-state index in [4.69, 9.17) is 10.6 Å². The normalized spacial score (nSPS) is 21.0. The zero-order valence-electron chi connectivity index (χ0n) is 16.0. The van der Waals surface area contributed by atoms with Crippen molar-refractivity contribution in [1.29, 1.82) is 0 Å². The van der Waals surface area contributed by atoms with Crippen LogP contribution in [0.15, 0.2) is 24.3 Å². The standard InChI is InChI=1S/C19H29N5O2/c1-19(2,3)24(14-11-9-13(22-20)10-12-14)18(25)26-17-21-15-7-5-6-8-16(15)23(17)4/h5-8,13-14,22H,9-12,20H2,1-4H3. The second-order valence-electron chi connectivity index (χ2n) is 8.02. The molecule has 1 aliphatic carbocycles. The highest BCUT2D eigenvalue weighted by atomic mass is 16.6. The van der Waals surface area contributed by atoms with Crippen molar-refractivity contribution >= 4 is 17.1 Å². The predicted octanol–water partition coefficient (Wildman–Crippen LogP) is 2.95. The van der Waals surface area contributed by atoms with E-state index in [1.165, 1.54) is 0 Å². The molecule has 2 aromatic rings. The number of rotatable bonds is 3. The van der Waals surface area contributed by atoms with Crippen LogP contribution in [0, 0.1) is 0 Å². The molecule has 1 aromatic heterocycles. The number of benzene rings is 1. The molecule has 7 nitrogen and oxygen atoms in total. The molecule has 0 radical (unpaired) electrons. The Kier molecular flexibility index (Phi) is 5.20. The minimum atomic E-state index is -0.347. The quantitative estimate of drug-likeness (QED) is 0.650. The molecular formula is C19H29N5O2. The highest BCUT2D eigenvalue weighted by Gasteiger charge is 2.37. The SMILES string of the molecule is Cn1c(OC(=O)N(C2CCC(NN)CC2)C(C)(C)C)nc2ccccc21. The molecule has 26 heavy (non-hydrogen) atoms. The molecule has 1 aliphatic rings. The van der Waals surface area contributed by atoms with Crippen LogP contribution < -0.4 is 16.0 Å². The van der Waals surface area contributed by atoms with Crippen LogP contribution in [0.2, 0.25) is 0 Å². The van der Waals surface area contributed by atoms with Crippen molar-refractivity contribution < 1.29 is 9.53 Å². The zero-order chi connectivity index (χ0) is 18.9. The van der Waals surface area contributed by atoms with Crippen molar-refractivity contribution in [3.8, 4) is 6.01 Å². The van der Waals surface area contributed by atoms with E-state index in [0.717, 1.165) is 36.7 Å². The first-order valence-corrected chi connectivity index (χ1v) is 9.20. The lowest BCUT2D eigenvalue weighted by Crippen LogP contribution is -2.55. The molecule has 0 unspecified atom stereocenters. The lowest BCUT2D eigenvalue weighted by Gasteiger charge is -2.43. The predicted molar refractivity (Wildman–Crippen MR) is 102 cm³/mol. The molecule has 3 N–H and O–H groups in total. The molecule has 0 aliphatic heterocycles. The largest absolute Gasteiger partial charge is 0.418 e. The summed E-state index contributed by atoms with van der Waals surface area (Å²) in [5.41, 5.74) is 4.26. The molecule has 1 aromatic carbocycles. The molecule has 0 atom stereocenters. The Morgan fingerprint density at radius 2 is 1.92 bits per heavy atom. The molecule has 0 saturated heterocycles. The van der Waals surface area contributed by atoms with E-state index in [1.54, 1.807) is 0 Å². The third-order valence-electron chi connectivity index (χ3n) is 5.14. The minimum Gasteiger partial charge on any atom is -0.375 e. The van der Waals surface area contributed by atoms with Gasteiger partial charge in [-0.2, -0.15) is 4.98 Å². The number of nitrogens with one attached hydrogen (secondary N) is 1. The first-order chi connectivity index (χ1) is 12.3. The maximum Gasteiger partial charge on any atom is 0.418 e. The number of ether oxygens (including phenoxy) is 1. The van der Waals surface area contributed by atoms with E-state index in [2.05, 4.69) is 10.4 Å². The molecule has 0 bridgehead atoms. The molecule has 0 spiro atoms. The number of hydrazine groups is 1. The fourth-order valence-corrected chi connectivity index (χ4v) is 3.81. The van der Waals surface area contributed by atoms with Crippen LogP contribution in [0.5, 0.6) is 6.01 Å². The summed E-state index contributed by atoms with van der Waals surface area (Å²) in [5, 5.41) is 0. The summed E-state index contributed by atoms with van der Waals surface area (Å²) in [6.07, 6.45) is 3.37. The smallest absolute Gasteiger partial charge is 0.375 e. The summed E-state index contributed by atoms with van der Waals surface area (Å²) in [5.74, 6) is 5.56.